The monoisotopic (exact) mass is 441 g/mol. The first kappa shape index (κ1) is 20.7. The third-order valence-corrected chi connectivity index (χ3v) is 7.96. The minimum atomic E-state index is -3.46. The molecule has 1 heterocycles. The Balaban J connectivity index is 1.41. The number of thiazole rings is 1. The molecule has 0 saturated carbocycles. The molecule has 30 heavy (non-hydrogen) atoms. The van der Waals surface area contributed by atoms with Gasteiger partial charge < -0.3 is 5.32 Å². The number of carbonyl (C=O) groups is 1. The maximum absolute atomic E-state index is 12.5. The molecule has 0 spiro atoms. The van der Waals surface area contributed by atoms with Crippen molar-refractivity contribution in [3.05, 3.63) is 65.0 Å². The summed E-state index contributed by atoms with van der Waals surface area (Å²) in [6, 6.07) is 14.9. The fraction of sp³-hybridized carbons (Fsp3) is 0.273. The van der Waals surface area contributed by atoms with E-state index in [1.54, 1.807) is 24.3 Å². The average molecular weight is 442 g/mol. The second-order valence-electron chi connectivity index (χ2n) is 7.54. The molecule has 0 fully saturated rings. The van der Waals surface area contributed by atoms with Gasteiger partial charge >= 0.3 is 0 Å². The molecule has 156 valence electrons. The number of hydrogen-bond donors (Lipinski definition) is 1. The molecular weight excluding hydrogens is 418 g/mol. The summed E-state index contributed by atoms with van der Waals surface area (Å²) in [5.74, 6) is 0.219. The van der Waals surface area contributed by atoms with Crippen LogP contribution >= 0.6 is 11.3 Å². The number of rotatable bonds is 6. The fourth-order valence-electron chi connectivity index (χ4n) is 3.72. The molecule has 8 heteroatoms. The van der Waals surface area contributed by atoms with E-state index >= 15 is 0 Å². The standard InChI is InChI=1S/C22H23N3O3S2/c1-25(2)30(27,28)18-11-9-16(10-12-18)20-14-29-22(23-20)24-21(26)13-17-8-7-15-5-3-4-6-19(15)17/h3-6,9-12,14,17H,7-8,13H2,1-2H3,(H,23,24,26). The van der Waals surface area contributed by atoms with Crippen LogP contribution in [0.1, 0.15) is 29.9 Å². The molecule has 6 nitrogen and oxygen atoms in total. The SMILES string of the molecule is CN(C)S(=O)(=O)c1ccc(-c2csc(NC(=O)CC3CCc4ccccc43)n2)cc1. The number of fused-ring (bicyclic) bond motifs is 1. The Morgan fingerprint density at radius 1 is 1.17 bits per heavy atom. The van der Waals surface area contributed by atoms with Gasteiger partial charge in [-0.25, -0.2) is 17.7 Å². The third-order valence-electron chi connectivity index (χ3n) is 5.37. The van der Waals surface area contributed by atoms with Crippen molar-refractivity contribution in [2.45, 2.75) is 30.1 Å². The molecule has 1 unspecified atom stereocenters. The van der Waals surface area contributed by atoms with Crippen molar-refractivity contribution in [1.82, 2.24) is 9.29 Å². The number of anilines is 1. The summed E-state index contributed by atoms with van der Waals surface area (Å²) in [5, 5.41) is 5.31. The van der Waals surface area contributed by atoms with Crippen LogP contribution in [0.3, 0.4) is 0 Å². The van der Waals surface area contributed by atoms with E-state index in [1.807, 2.05) is 17.5 Å². The number of carbonyl (C=O) groups excluding carboxylic acids is 1. The van der Waals surface area contributed by atoms with Crippen LogP contribution < -0.4 is 5.32 Å². The predicted octanol–water partition coefficient (Wildman–Crippen LogP) is 4.12. The number of aromatic nitrogens is 1. The van der Waals surface area contributed by atoms with Crippen molar-refractivity contribution in [3.63, 3.8) is 0 Å². The Hall–Kier alpha value is -2.55. The predicted molar refractivity (Wildman–Crippen MR) is 119 cm³/mol. The van der Waals surface area contributed by atoms with Gasteiger partial charge in [-0.1, -0.05) is 36.4 Å². The van der Waals surface area contributed by atoms with Gasteiger partial charge in [-0.3, -0.25) is 4.79 Å². The normalized spacial score (nSPS) is 15.9. The maximum Gasteiger partial charge on any atom is 0.242 e. The Bertz CT molecular complexity index is 1170. The summed E-state index contributed by atoms with van der Waals surface area (Å²) < 4.78 is 25.6. The zero-order valence-electron chi connectivity index (χ0n) is 16.8. The summed E-state index contributed by atoms with van der Waals surface area (Å²) in [7, 11) is -0.455. The van der Waals surface area contributed by atoms with E-state index in [4.69, 9.17) is 0 Å². The van der Waals surface area contributed by atoms with Crippen LogP contribution in [0.25, 0.3) is 11.3 Å². The quantitative estimate of drug-likeness (QED) is 0.624. The van der Waals surface area contributed by atoms with Gasteiger partial charge in [-0.15, -0.1) is 11.3 Å². The smallest absolute Gasteiger partial charge is 0.242 e. The average Bonchev–Trinajstić information content (AvgIpc) is 3.35. The largest absolute Gasteiger partial charge is 0.302 e. The number of nitrogens with one attached hydrogen (secondary N) is 1. The van der Waals surface area contributed by atoms with E-state index in [2.05, 4.69) is 22.4 Å². The van der Waals surface area contributed by atoms with Crippen LogP contribution in [0.15, 0.2) is 58.8 Å². The second kappa shape index (κ2) is 8.29. The number of nitrogens with zero attached hydrogens (tertiary/aromatic N) is 2. The number of aryl methyl sites for hydroxylation is 1. The topological polar surface area (TPSA) is 79.4 Å². The number of hydrogen-bond acceptors (Lipinski definition) is 5. The third kappa shape index (κ3) is 4.16. The van der Waals surface area contributed by atoms with E-state index in [1.165, 1.54) is 40.9 Å². The Labute approximate surface area is 180 Å². The van der Waals surface area contributed by atoms with Crippen LogP contribution in [0.4, 0.5) is 5.13 Å². The van der Waals surface area contributed by atoms with Crippen LogP contribution in [0.2, 0.25) is 0 Å². The molecule has 1 aromatic heterocycles. The molecule has 0 bridgehead atoms. The summed E-state index contributed by atoms with van der Waals surface area (Å²) >= 11 is 1.36. The van der Waals surface area contributed by atoms with Gasteiger partial charge in [0, 0.05) is 31.5 Å². The molecule has 2 aromatic carbocycles. The Morgan fingerprint density at radius 3 is 2.63 bits per heavy atom. The van der Waals surface area contributed by atoms with Gasteiger partial charge in [0.1, 0.15) is 0 Å². The summed E-state index contributed by atoms with van der Waals surface area (Å²) in [4.78, 5) is 17.3. The lowest BCUT2D eigenvalue weighted by molar-refractivity contribution is -0.116. The zero-order valence-corrected chi connectivity index (χ0v) is 18.5. The highest BCUT2D eigenvalue weighted by atomic mass is 32.2. The maximum atomic E-state index is 12.5. The lowest BCUT2D eigenvalue weighted by Gasteiger charge is -2.11. The molecule has 4 rings (SSSR count). The molecule has 1 aliphatic rings. The first-order chi connectivity index (χ1) is 14.3. The molecule has 1 atom stereocenters. The molecule has 0 saturated heterocycles. The highest BCUT2D eigenvalue weighted by molar-refractivity contribution is 7.89. The molecule has 1 amide bonds. The van der Waals surface area contributed by atoms with Crippen molar-refractivity contribution >= 4 is 32.4 Å². The van der Waals surface area contributed by atoms with E-state index in [9.17, 15) is 13.2 Å². The van der Waals surface area contributed by atoms with Gasteiger partial charge in [0.15, 0.2) is 5.13 Å². The minimum Gasteiger partial charge on any atom is -0.302 e. The first-order valence-corrected chi connectivity index (χ1v) is 12.0. The van der Waals surface area contributed by atoms with Crippen LogP contribution in [0.5, 0.6) is 0 Å². The lowest BCUT2D eigenvalue weighted by atomic mass is 9.97. The van der Waals surface area contributed by atoms with Gasteiger partial charge in [-0.2, -0.15) is 0 Å². The molecule has 3 aromatic rings. The van der Waals surface area contributed by atoms with Crippen LogP contribution in [-0.2, 0) is 21.2 Å². The molecule has 0 radical (unpaired) electrons. The summed E-state index contributed by atoms with van der Waals surface area (Å²) in [5.41, 5.74) is 4.12. The number of benzene rings is 2. The van der Waals surface area contributed by atoms with Crippen molar-refractivity contribution in [2.24, 2.45) is 0 Å². The summed E-state index contributed by atoms with van der Waals surface area (Å²) in [6.07, 6.45) is 2.47. The highest BCUT2D eigenvalue weighted by Gasteiger charge is 2.24. The van der Waals surface area contributed by atoms with Crippen molar-refractivity contribution < 1.29 is 13.2 Å². The Kier molecular flexibility index (Phi) is 5.73. The number of sulfonamides is 1. The van der Waals surface area contributed by atoms with Crippen molar-refractivity contribution in [2.75, 3.05) is 19.4 Å². The fourth-order valence-corrected chi connectivity index (χ4v) is 5.36. The minimum absolute atomic E-state index is 0.0370. The lowest BCUT2D eigenvalue weighted by Crippen LogP contribution is -2.22. The molecule has 1 N–H and O–H groups in total. The van der Waals surface area contributed by atoms with E-state index in [-0.39, 0.29) is 16.7 Å². The van der Waals surface area contributed by atoms with Gasteiger partial charge in [0.2, 0.25) is 15.9 Å². The molecule has 1 aliphatic carbocycles. The van der Waals surface area contributed by atoms with E-state index in [0.29, 0.717) is 17.2 Å². The van der Waals surface area contributed by atoms with Crippen LogP contribution in [-0.4, -0.2) is 37.7 Å². The van der Waals surface area contributed by atoms with Gasteiger partial charge in [0.25, 0.3) is 0 Å². The van der Waals surface area contributed by atoms with Gasteiger partial charge in [0.05, 0.1) is 10.6 Å². The van der Waals surface area contributed by atoms with Crippen LogP contribution in [0, 0.1) is 0 Å². The first-order valence-electron chi connectivity index (χ1n) is 9.71. The molecular formula is C22H23N3O3S2. The summed E-state index contributed by atoms with van der Waals surface area (Å²) in [6.45, 7) is 0. The Morgan fingerprint density at radius 2 is 1.90 bits per heavy atom. The van der Waals surface area contributed by atoms with Crippen molar-refractivity contribution in [1.29, 1.82) is 0 Å². The number of amides is 1. The van der Waals surface area contributed by atoms with Gasteiger partial charge in [-0.05, 0) is 42.0 Å². The van der Waals surface area contributed by atoms with Crippen molar-refractivity contribution in [3.8, 4) is 11.3 Å². The highest BCUT2D eigenvalue weighted by Crippen LogP contribution is 2.35. The van der Waals surface area contributed by atoms with E-state index in [0.717, 1.165) is 18.4 Å². The second-order valence-corrected chi connectivity index (χ2v) is 10.5. The molecule has 0 aliphatic heterocycles. The zero-order chi connectivity index (χ0) is 21.3. The van der Waals surface area contributed by atoms with E-state index < -0.39 is 10.0 Å².